The average Bonchev–Trinajstić information content (AvgIpc) is 2.69. The zero-order valence-corrected chi connectivity index (χ0v) is 18.2. The molecule has 2 heterocycles. The number of aromatic nitrogens is 2. The van der Waals surface area contributed by atoms with Gasteiger partial charge < -0.3 is 15.5 Å². The molecule has 9 nitrogen and oxygen atoms in total. The van der Waals surface area contributed by atoms with E-state index >= 15 is 0 Å². The van der Waals surface area contributed by atoms with Gasteiger partial charge in [0.25, 0.3) is 0 Å². The van der Waals surface area contributed by atoms with E-state index in [-0.39, 0.29) is 11.9 Å². The fourth-order valence-electron chi connectivity index (χ4n) is 3.60. The maximum absolute atomic E-state index is 13.4. The molecular formula is C19H21F3N6O3S. The summed E-state index contributed by atoms with van der Waals surface area (Å²) in [6.45, 7) is 3.50. The molecule has 0 radical (unpaired) electrons. The molecule has 0 bridgehead atoms. The smallest absolute Gasteiger partial charge is 0.246 e. The molecule has 0 saturated heterocycles. The molecule has 1 aromatic heterocycles. The quantitative estimate of drug-likeness (QED) is 0.572. The van der Waals surface area contributed by atoms with E-state index in [4.69, 9.17) is 0 Å². The molecular weight excluding hydrogens is 449 g/mol. The maximum Gasteiger partial charge on any atom is 0.246 e. The summed E-state index contributed by atoms with van der Waals surface area (Å²) >= 11 is 0. The lowest BCUT2D eigenvalue weighted by molar-refractivity contribution is -0.117. The monoisotopic (exact) mass is 470 g/mol. The SMILES string of the molecule is Cc1nc(N[C@H]2C[C@H](NS(=O)(=O)c3cc(F)c(F)c(F)c3)C2)nc2c1NC(=O)[C@H](C)N2C. The van der Waals surface area contributed by atoms with Crippen molar-refractivity contribution in [1.29, 1.82) is 0 Å². The molecule has 2 aliphatic rings. The minimum atomic E-state index is -4.22. The minimum Gasteiger partial charge on any atom is -0.351 e. The number of likely N-dealkylation sites (N-methyl/N-ethyl adjacent to an activating group) is 1. The number of rotatable bonds is 5. The topological polar surface area (TPSA) is 116 Å². The predicted molar refractivity (Wildman–Crippen MR) is 110 cm³/mol. The molecule has 2 aromatic rings. The number of carbonyl (C=O) groups is 1. The van der Waals surface area contributed by atoms with E-state index in [1.54, 1.807) is 25.8 Å². The van der Waals surface area contributed by atoms with Crippen LogP contribution in [0.5, 0.6) is 0 Å². The summed E-state index contributed by atoms with van der Waals surface area (Å²) in [6, 6.07) is -0.130. The van der Waals surface area contributed by atoms with Gasteiger partial charge in [0.2, 0.25) is 21.9 Å². The van der Waals surface area contributed by atoms with Crippen molar-refractivity contribution < 1.29 is 26.4 Å². The Morgan fingerprint density at radius 1 is 1.12 bits per heavy atom. The number of amides is 1. The first kappa shape index (κ1) is 22.3. The normalized spacial score (nSPS) is 22.8. The number of halogens is 3. The minimum absolute atomic E-state index is 0.136. The zero-order valence-electron chi connectivity index (χ0n) is 17.4. The van der Waals surface area contributed by atoms with Crippen molar-refractivity contribution in [2.75, 3.05) is 22.6 Å². The number of nitrogens with zero attached hydrogens (tertiary/aromatic N) is 3. The van der Waals surface area contributed by atoms with Crippen LogP contribution in [-0.4, -0.2) is 49.5 Å². The Kier molecular flexibility index (Phi) is 5.49. The number of anilines is 3. The Hall–Kier alpha value is -2.93. The van der Waals surface area contributed by atoms with Gasteiger partial charge in [-0.15, -0.1) is 0 Å². The first-order valence-electron chi connectivity index (χ1n) is 9.82. The van der Waals surface area contributed by atoms with Crippen molar-refractivity contribution in [2.45, 2.75) is 49.7 Å². The molecule has 172 valence electrons. The third kappa shape index (κ3) is 3.97. The lowest BCUT2D eigenvalue weighted by Gasteiger charge is -2.37. The highest BCUT2D eigenvalue weighted by Gasteiger charge is 2.35. The highest BCUT2D eigenvalue weighted by molar-refractivity contribution is 7.89. The van der Waals surface area contributed by atoms with Gasteiger partial charge in [0, 0.05) is 19.1 Å². The molecule has 1 atom stereocenters. The van der Waals surface area contributed by atoms with Crippen molar-refractivity contribution >= 4 is 33.4 Å². The van der Waals surface area contributed by atoms with Crippen LogP contribution in [-0.2, 0) is 14.8 Å². The summed E-state index contributed by atoms with van der Waals surface area (Å²) in [5, 5.41) is 5.92. The molecule has 4 rings (SSSR count). The molecule has 1 saturated carbocycles. The number of hydrogen-bond acceptors (Lipinski definition) is 7. The highest BCUT2D eigenvalue weighted by Crippen LogP contribution is 2.33. The second kappa shape index (κ2) is 7.89. The summed E-state index contributed by atoms with van der Waals surface area (Å²) < 4.78 is 66.9. The first-order chi connectivity index (χ1) is 15.0. The van der Waals surface area contributed by atoms with Gasteiger partial charge in [-0.25, -0.2) is 31.3 Å². The van der Waals surface area contributed by atoms with Crippen LogP contribution >= 0.6 is 0 Å². The van der Waals surface area contributed by atoms with E-state index in [1.807, 2.05) is 0 Å². The summed E-state index contributed by atoms with van der Waals surface area (Å²) in [4.78, 5) is 21.9. The van der Waals surface area contributed by atoms with Gasteiger partial charge in [-0.2, -0.15) is 4.98 Å². The van der Waals surface area contributed by atoms with Crippen LogP contribution in [0.1, 0.15) is 25.5 Å². The molecule has 1 fully saturated rings. The summed E-state index contributed by atoms with van der Waals surface area (Å²) in [5.41, 5.74) is 1.13. The van der Waals surface area contributed by atoms with Gasteiger partial charge in [0.15, 0.2) is 23.3 Å². The van der Waals surface area contributed by atoms with Crippen LogP contribution in [0.3, 0.4) is 0 Å². The number of aryl methyl sites for hydroxylation is 1. The predicted octanol–water partition coefficient (Wildman–Crippen LogP) is 1.90. The lowest BCUT2D eigenvalue weighted by atomic mass is 9.88. The number of benzene rings is 1. The largest absolute Gasteiger partial charge is 0.351 e. The molecule has 1 amide bonds. The third-order valence-electron chi connectivity index (χ3n) is 5.67. The highest BCUT2D eigenvalue weighted by atomic mass is 32.2. The standard InChI is InChI=1S/C19H21F3N6O3S/c1-8-16-17(28(3)9(2)18(29)25-16)26-19(23-8)24-10-4-11(5-10)27-32(30,31)12-6-13(20)15(22)14(21)7-12/h6-7,9-11,27H,4-5H2,1-3H3,(H,25,29)(H,23,24,26)/t9-,10-,11-/m0/s1. The molecule has 3 N–H and O–H groups in total. The van der Waals surface area contributed by atoms with Crippen molar-refractivity contribution in [3.05, 3.63) is 35.3 Å². The van der Waals surface area contributed by atoms with Crippen LogP contribution in [0.4, 0.5) is 30.6 Å². The number of carbonyl (C=O) groups excluding carboxylic acids is 1. The van der Waals surface area contributed by atoms with Gasteiger partial charge in [0.1, 0.15) is 11.7 Å². The van der Waals surface area contributed by atoms with Crippen molar-refractivity contribution in [1.82, 2.24) is 14.7 Å². The van der Waals surface area contributed by atoms with E-state index < -0.39 is 44.5 Å². The van der Waals surface area contributed by atoms with E-state index in [1.165, 1.54) is 0 Å². The summed E-state index contributed by atoms with van der Waals surface area (Å²) in [5.74, 6) is -4.11. The summed E-state index contributed by atoms with van der Waals surface area (Å²) in [6.07, 6.45) is 0.766. The molecule has 1 aliphatic carbocycles. The average molecular weight is 470 g/mol. The second-order valence-electron chi connectivity index (χ2n) is 7.94. The van der Waals surface area contributed by atoms with Crippen LogP contribution < -0.4 is 20.3 Å². The Morgan fingerprint density at radius 2 is 1.75 bits per heavy atom. The fourth-order valence-corrected chi connectivity index (χ4v) is 4.88. The first-order valence-corrected chi connectivity index (χ1v) is 11.3. The molecule has 1 aromatic carbocycles. The molecule has 0 spiro atoms. The van der Waals surface area contributed by atoms with Crippen LogP contribution in [0.2, 0.25) is 0 Å². The van der Waals surface area contributed by atoms with Crippen molar-refractivity contribution in [3.8, 4) is 0 Å². The van der Waals surface area contributed by atoms with Gasteiger partial charge in [0.05, 0.1) is 10.6 Å². The van der Waals surface area contributed by atoms with Crippen molar-refractivity contribution in [3.63, 3.8) is 0 Å². The molecule has 32 heavy (non-hydrogen) atoms. The molecule has 13 heteroatoms. The summed E-state index contributed by atoms with van der Waals surface area (Å²) in [7, 11) is -2.46. The fraction of sp³-hybridized carbons (Fsp3) is 0.421. The Bertz CT molecular complexity index is 1180. The van der Waals surface area contributed by atoms with E-state index in [2.05, 4.69) is 25.3 Å². The Balaban J connectivity index is 1.41. The van der Waals surface area contributed by atoms with Crippen molar-refractivity contribution in [2.24, 2.45) is 0 Å². The van der Waals surface area contributed by atoms with Gasteiger partial charge in [-0.1, -0.05) is 0 Å². The van der Waals surface area contributed by atoms with E-state index in [0.29, 0.717) is 48.1 Å². The zero-order chi connectivity index (χ0) is 23.4. The number of sulfonamides is 1. The lowest BCUT2D eigenvalue weighted by Crippen LogP contribution is -2.50. The van der Waals surface area contributed by atoms with Crippen LogP contribution in [0, 0.1) is 24.4 Å². The molecule has 1 aliphatic heterocycles. The Morgan fingerprint density at radius 3 is 2.38 bits per heavy atom. The second-order valence-corrected chi connectivity index (χ2v) is 9.65. The maximum atomic E-state index is 13.4. The Labute approximate surface area is 182 Å². The van der Waals surface area contributed by atoms with Gasteiger partial charge in [-0.3, -0.25) is 4.79 Å². The third-order valence-corrected chi connectivity index (χ3v) is 7.17. The van der Waals surface area contributed by atoms with E-state index in [9.17, 15) is 26.4 Å². The molecule has 0 unspecified atom stereocenters. The number of nitrogens with one attached hydrogen (secondary N) is 3. The van der Waals surface area contributed by atoms with Gasteiger partial charge in [-0.05, 0) is 38.8 Å². The van der Waals surface area contributed by atoms with Gasteiger partial charge >= 0.3 is 0 Å². The number of fused-ring (bicyclic) bond motifs is 1. The van der Waals surface area contributed by atoms with Crippen LogP contribution in [0.25, 0.3) is 0 Å². The number of hydrogen-bond donors (Lipinski definition) is 3. The van der Waals surface area contributed by atoms with Crippen LogP contribution in [0.15, 0.2) is 17.0 Å². The van der Waals surface area contributed by atoms with E-state index in [0.717, 1.165) is 0 Å².